The molecule has 2 rings (SSSR count). The molecule has 0 saturated carbocycles. The Labute approximate surface area is 115 Å². The summed E-state index contributed by atoms with van der Waals surface area (Å²) in [6, 6.07) is 4.08. The van der Waals surface area contributed by atoms with Gasteiger partial charge in [-0.1, -0.05) is 6.92 Å². The zero-order valence-electron chi connectivity index (χ0n) is 10.9. The number of hydrogen-bond acceptors (Lipinski definition) is 3. The zero-order chi connectivity index (χ0) is 13.8. The van der Waals surface area contributed by atoms with Crippen LogP contribution in [0.25, 0.3) is 10.6 Å². The van der Waals surface area contributed by atoms with Gasteiger partial charge in [-0.2, -0.15) is 0 Å². The van der Waals surface area contributed by atoms with E-state index in [-0.39, 0.29) is 6.04 Å². The van der Waals surface area contributed by atoms with Gasteiger partial charge in [0.2, 0.25) is 0 Å². The predicted octanol–water partition coefficient (Wildman–Crippen LogP) is 4.15. The summed E-state index contributed by atoms with van der Waals surface area (Å²) < 4.78 is 26.1. The van der Waals surface area contributed by atoms with E-state index in [0.29, 0.717) is 10.6 Å². The summed E-state index contributed by atoms with van der Waals surface area (Å²) in [5.41, 5.74) is 0.609. The van der Waals surface area contributed by atoms with Gasteiger partial charge in [0.05, 0.1) is 0 Å². The van der Waals surface area contributed by atoms with Crippen molar-refractivity contribution in [2.45, 2.75) is 26.3 Å². The molecule has 0 amide bonds. The van der Waals surface area contributed by atoms with Crippen molar-refractivity contribution in [1.82, 2.24) is 10.3 Å². The Hall–Kier alpha value is -1.33. The average Bonchev–Trinajstić information content (AvgIpc) is 2.89. The summed E-state index contributed by atoms with van der Waals surface area (Å²) >= 11 is 1.50. The summed E-state index contributed by atoms with van der Waals surface area (Å²) in [5.74, 6) is -1.68. The van der Waals surface area contributed by atoms with Crippen LogP contribution in [0.2, 0.25) is 0 Å². The van der Waals surface area contributed by atoms with E-state index in [1.807, 2.05) is 0 Å². The van der Waals surface area contributed by atoms with E-state index in [9.17, 15) is 8.78 Å². The lowest BCUT2D eigenvalue weighted by Gasteiger charge is -2.09. The monoisotopic (exact) mass is 282 g/mol. The van der Waals surface area contributed by atoms with Gasteiger partial charge in [-0.3, -0.25) is 0 Å². The molecule has 0 aliphatic rings. The Kier molecular flexibility index (Phi) is 4.61. The molecular formula is C14H16F2N2S. The summed E-state index contributed by atoms with van der Waals surface area (Å²) in [4.78, 5) is 5.37. The summed E-state index contributed by atoms with van der Waals surface area (Å²) in [6.07, 6.45) is 2.85. The van der Waals surface area contributed by atoms with Crippen LogP contribution in [0.3, 0.4) is 0 Å². The van der Waals surface area contributed by atoms with Gasteiger partial charge in [-0.05, 0) is 38.1 Å². The highest BCUT2D eigenvalue weighted by Gasteiger charge is 2.12. The minimum absolute atomic E-state index is 0.219. The number of hydrogen-bond donors (Lipinski definition) is 1. The van der Waals surface area contributed by atoms with Crippen LogP contribution in [0.1, 0.15) is 31.2 Å². The van der Waals surface area contributed by atoms with Crippen molar-refractivity contribution in [3.05, 3.63) is 40.9 Å². The maximum absolute atomic E-state index is 13.2. The molecule has 5 heteroatoms. The fourth-order valence-corrected chi connectivity index (χ4v) is 2.65. The highest BCUT2D eigenvalue weighted by Crippen LogP contribution is 2.29. The maximum Gasteiger partial charge on any atom is 0.159 e. The Morgan fingerprint density at radius 2 is 2.11 bits per heavy atom. The molecule has 1 aromatic carbocycles. The Bertz CT molecular complexity index is 554. The molecule has 1 atom stereocenters. The van der Waals surface area contributed by atoms with Crippen LogP contribution in [-0.4, -0.2) is 11.5 Å². The van der Waals surface area contributed by atoms with Crippen molar-refractivity contribution in [2.75, 3.05) is 6.54 Å². The second kappa shape index (κ2) is 6.21. The molecule has 0 saturated heterocycles. The molecule has 0 radical (unpaired) electrons. The SMILES string of the molecule is CCCNC(C)c1cnc(-c2ccc(F)c(F)c2)s1. The van der Waals surface area contributed by atoms with Gasteiger partial charge >= 0.3 is 0 Å². The van der Waals surface area contributed by atoms with E-state index in [0.717, 1.165) is 23.9 Å². The summed E-state index contributed by atoms with van der Waals surface area (Å²) in [5, 5.41) is 4.08. The maximum atomic E-state index is 13.2. The van der Waals surface area contributed by atoms with Crippen LogP contribution in [0.15, 0.2) is 24.4 Å². The van der Waals surface area contributed by atoms with Gasteiger partial charge in [-0.15, -0.1) is 11.3 Å². The third-order valence-corrected chi connectivity index (χ3v) is 4.05. The predicted molar refractivity (Wildman–Crippen MR) is 74.2 cm³/mol. The molecule has 1 unspecified atom stereocenters. The highest BCUT2D eigenvalue weighted by atomic mass is 32.1. The topological polar surface area (TPSA) is 24.9 Å². The van der Waals surface area contributed by atoms with Crippen LogP contribution in [-0.2, 0) is 0 Å². The van der Waals surface area contributed by atoms with Crippen LogP contribution in [0.4, 0.5) is 8.78 Å². The number of halogens is 2. The van der Waals surface area contributed by atoms with E-state index >= 15 is 0 Å². The first-order valence-corrected chi connectivity index (χ1v) is 7.08. The minimum Gasteiger partial charge on any atom is -0.309 e. The highest BCUT2D eigenvalue weighted by molar-refractivity contribution is 7.15. The molecule has 0 aliphatic carbocycles. The molecule has 0 aliphatic heterocycles. The second-order valence-corrected chi connectivity index (χ2v) is 5.43. The van der Waals surface area contributed by atoms with Gasteiger partial charge < -0.3 is 5.32 Å². The van der Waals surface area contributed by atoms with Gasteiger partial charge in [0.15, 0.2) is 11.6 Å². The number of nitrogens with one attached hydrogen (secondary N) is 1. The first-order chi connectivity index (χ1) is 9.11. The van der Waals surface area contributed by atoms with Crippen LogP contribution in [0, 0.1) is 11.6 Å². The molecule has 2 aromatic rings. The largest absolute Gasteiger partial charge is 0.309 e. The molecule has 0 fully saturated rings. The lowest BCUT2D eigenvalue weighted by Crippen LogP contribution is -2.18. The van der Waals surface area contributed by atoms with Gasteiger partial charge in [0.25, 0.3) is 0 Å². The van der Waals surface area contributed by atoms with Gasteiger partial charge in [-0.25, -0.2) is 13.8 Å². The van der Waals surface area contributed by atoms with E-state index in [2.05, 4.69) is 24.1 Å². The average molecular weight is 282 g/mol. The molecule has 0 bridgehead atoms. The lowest BCUT2D eigenvalue weighted by molar-refractivity contribution is 0.509. The quantitative estimate of drug-likeness (QED) is 0.891. The van der Waals surface area contributed by atoms with E-state index in [1.165, 1.54) is 17.4 Å². The molecule has 1 N–H and O–H groups in total. The summed E-state index contributed by atoms with van der Waals surface area (Å²) in [7, 11) is 0. The number of thiazole rings is 1. The van der Waals surface area contributed by atoms with Gasteiger partial charge in [0.1, 0.15) is 5.01 Å². The van der Waals surface area contributed by atoms with E-state index in [1.54, 1.807) is 12.3 Å². The Morgan fingerprint density at radius 1 is 1.32 bits per heavy atom. The first-order valence-electron chi connectivity index (χ1n) is 6.26. The van der Waals surface area contributed by atoms with E-state index in [4.69, 9.17) is 0 Å². The minimum atomic E-state index is -0.841. The third-order valence-electron chi connectivity index (χ3n) is 2.82. The standard InChI is InChI=1S/C14H16F2N2S/c1-3-6-17-9(2)13-8-18-14(19-13)10-4-5-11(15)12(16)7-10/h4-5,7-9,17H,3,6H2,1-2H3. The number of rotatable bonds is 5. The fourth-order valence-electron chi connectivity index (χ4n) is 1.71. The summed E-state index contributed by atoms with van der Waals surface area (Å²) in [6.45, 7) is 5.12. The van der Waals surface area contributed by atoms with Crippen LogP contribution in [0.5, 0.6) is 0 Å². The molecule has 1 heterocycles. The number of aromatic nitrogens is 1. The number of nitrogens with zero attached hydrogens (tertiary/aromatic N) is 1. The zero-order valence-corrected chi connectivity index (χ0v) is 11.7. The Balaban J connectivity index is 2.18. The smallest absolute Gasteiger partial charge is 0.159 e. The molecule has 102 valence electrons. The Morgan fingerprint density at radius 3 is 2.79 bits per heavy atom. The number of benzene rings is 1. The third kappa shape index (κ3) is 3.36. The van der Waals surface area contributed by atoms with Crippen LogP contribution < -0.4 is 5.32 Å². The van der Waals surface area contributed by atoms with Crippen molar-refractivity contribution in [2.24, 2.45) is 0 Å². The second-order valence-electron chi connectivity index (χ2n) is 4.37. The molecule has 0 spiro atoms. The fraction of sp³-hybridized carbons (Fsp3) is 0.357. The van der Waals surface area contributed by atoms with Crippen molar-refractivity contribution in [3.63, 3.8) is 0 Å². The van der Waals surface area contributed by atoms with Crippen molar-refractivity contribution in [1.29, 1.82) is 0 Å². The molecular weight excluding hydrogens is 266 g/mol. The van der Waals surface area contributed by atoms with E-state index < -0.39 is 11.6 Å². The first kappa shape index (κ1) is 14.1. The normalized spacial score (nSPS) is 12.6. The van der Waals surface area contributed by atoms with Gasteiger partial charge in [0, 0.05) is 22.7 Å². The lowest BCUT2D eigenvalue weighted by atomic mass is 10.2. The van der Waals surface area contributed by atoms with Crippen molar-refractivity contribution < 1.29 is 8.78 Å². The molecule has 19 heavy (non-hydrogen) atoms. The van der Waals surface area contributed by atoms with Crippen molar-refractivity contribution >= 4 is 11.3 Å². The molecule has 1 aromatic heterocycles. The van der Waals surface area contributed by atoms with Crippen molar-refractivity contribution in [3.8, 4) is 10.6 Å². The molecule has 2 nitrogen and oxygen atoms in total. The van der Waals surface area contributed by atoms with Crippen LogP contribution >= 0.6 is 11.3 Å².